The maximum atomic E-state index is 5.17. The van der Waals surface area contributed by atoms with Crippen LogP contribution in [0, 0.1) is 0 Å². The molecule has 18 heavy (non-hydrogen) atoms. The van der Waals surface area contributed by atoms with Crippen LogP contribution in [0.5, 0.6) is 0 Å². The lowest BCUT2D eigenvalue weighted by molar-refractivity contribution is 0.203. The largest absolute Gasteiger partial charge is 0.383 e. The fraction of sp³-hybridized carbons (Fsp3) is 0.667. The molecule has 0 fully saturated rings. The molecule has 0 saturated carbocycles. The smallest absolute Gasteiger partial charge is 0.224 e. The molecule has 0 aliphatic heterocycles. The van der Waals surface area contributed by atoms with Crippen molar-refractivity contribution in [3.05, 3.63) is 10.7 Å². The van der Waals surface area contributed by atoms with Gasteiger partial charge in [0.2, 0.25) is 5.95 Å². The van der Waals surface area contributed by atoms with E-state index in [0.29, 0.717) is 18.6 Å². The van der Waals surface area contributed by atoms with Crippen LogP contribution in [0.3, 0.4) is 0 Å². The van der Waals surface area contributed by atoms with Crippen molar-refractivity contribution in [2.75, 3.05) is 37.5 Å². The molecular weight excluding hydrogens is 296 g/mol. The summed E-state index contributed by atoms with van der Waals surface area (Å²) < 4.78 is 6.07. The first-order valence-corrected chi connectivity index (χ1v) is 6.89. The highest BCUT2D eigenvalue weighted by Crippen LogP contribution is 2.26. The summed E-state index contributed by atoms with van der Waals surface area (Å²) in [6.45, 7) is 5.84. The first-order chi connectivity index (χ1) is 8.63. The van der Waals surface area contributed by atoms with E-state index in [1.54, 1.807) is 13.3 Å². The number of anilines is 2. The van der Waals surface area contributed by atoms with E-state index in [0.717, 1.165) is 23.3 Å². The van der Waals surface area contributed by atoms with Crippen molar-refractivity contribution in [3.8, 4) is 0 Å². The number of ether oxygens (including phenoxy) is 1. The molecule has 0 aliphatic carbocycles. The van der Waals surface area contributed by atoms with E-state index >= 15 is 0 Å². The van der Waals surface area contributed by atoms with E-state index in [-0.39, 0.29) is 0 Å². The normalized spacial score (nSPS) is 12.3. The molecule has 0 amide bonds. The highest BCUT2D eigenvalue weighted by Gasteiger charge is 2.17. The summed E-state index contributed by atoms with van der Waals surface area (Å²) in [4.78, 5) is 10.9. The van der Waals surface area contributed by atoms with Gasteiger partial charge < -0.3 is 15.0 Å². The summed E-state index contributed by atoms with van der Waals surface area (Å²) in [7, 11) is 3.53. The third-order valence-corrected chi connectivity index (χ3v) is 3.44. The van der Waals surface area contributed by atoms with Gasteiger partial charge in [-0.25, -0.2) is 4.98 Å². The Labute approximate surface area is 117 Å². The minimum Gasteiger partial charge on any atom is -0.383 e. The van der Waals surface area contributed by atoms with Gasteiger partial charge in [0.1, 0.15) is 5.82 Å². The summed E-state index contributed by atoms with van der Waals surface area (Å²) in [6, 6.07) is 0.399. The van der Waals surface area contributed by atoms with E-state index in [1.165, 1.54) is 0 Å². The lowest BCUT2D eigenvalue weighted by Gasteiger charge is -2.30. The molecule has 0 radical (unpaired) electrons. The molecule has 0 spiro atoms. The van der Waals surface area contributed by atoms with E-state index in [2.05, 4.69) is 50.0 Å². The van der Waals surface area contributed by atoms with Gasteiger partial charge in [-0.3, -0.25) is 0 Å². The zero-order chi connectivity index (χ0) is 13.5. The second-order valence-corrected chi connectivity index (χ2v) is 4.91. The molecular formula is C12H21BrN4O. The number of aromatic nitrogens is 2. The number of halogens is 1. The van der Waals surface area contributed by atoms with E-state index in [4.69, 9.17) is 4.74 Å². The monoisotopic (exact) mass is 316 g/mol. The van der Waals surface area contributed by atoms with Crippen LogP contribution >= 0.6 is 15.9 Å². The molecule has 0 saturated heterocycles. The summed E-state index contributed by atoms with van der Waals surface area (Å²) in [6.07, 6.45) is 2.82. The SMILES string of the molecule is CCC(C)N(CCOC)c1nc(NC)ncc1Br. The second kappa shape index (κ2) is 7.53. The first-order valence-electron chi connectivity index (χ1n) is 6.09. The molecule has 1 aromatic heterocycles. The van der Waals surface area contributed by atoms with Gasteiger partial charge in [0, 0.05) is 32.9 Å². The van der Waals surface area contributed by atoms with Gasteiger partial charge in [-0.05, 0) is 29.3 Å². The lowest BCUT2D eigenvalue weighted by atomic mass is 10.2. The second-order valence-electron chi connectivity index (χ2n) is 4.06. The first kappa shape index (κ1) is 15.2. The van der Waals surface area contributed by atoms with Gasteiger partial charge in [0.15, 0.2) is 0 Å². The molecule has 1 heterocycles. The molecule has 0 bridgehead atoms. The summed E-state index contributed by atoms with van der Waals surface area (Å²) in [5.41, 5.74) is 0. The van der Waals surface area contributed by atoms with E-state index in [1.807, 2.05) is 7.05 Å². The fourth-order valence-corrected chi connectivity index (χ4v) is 2.04. The molecule has 0 aromatic carbocycles. The molecule has 5 nitrogen and oxygen atoms in total. The molecule has 1 aromatic rings. The van der Waals surface area contributed by atoms with Crippen molar-refractivity contribution < 1.29 is 4.74 Å². The van der Waals surface area contributed by atoms with Crippen molar-refractivity contribution in [1.82, 2.24) is 9.97 Å². The molecule has 1 unspecified atom stereocenters. The molecule has 102 valence electrons. The van der Waals surface area contributed by atoms with Crippen LogP contribution in [0.15, 0.2) is 10.7 Å². The average Bonchev–Trinajstić information content (AvgIpc) is 2.40. The van der Waals surface area contributed by atoms with Crippen LogP contribution in [0.2, 0.25) is 0 Å². The third kappa shape index (κ3) is 3.81. The number of nitrogens with one attached hydrogen (secondary N) is 1. The van der Waals surface area contributed by atoms with E-state index in [9.17, 15) is 0 Å². The van der Waals surface area contributed by atoms with Crippen molar-refractivity contribution in [3.63, 3.8) is 0 Å². The Kier molecular flexibility index (Phi) is 6.35. The molecule has 1 rings (SSSR count). The minimum absolute atomic E-state index is 0.399. The lowest BCUT2D eigenvalue weighted by Crippen LogP contribution is -2.36. The Morgan fingerprint density at radius 2 is 2.28 bits per heavy atom. The van der Waals surface area contributed by atoms with Crippen LogP contribution in [-0.4, -0.2) is 43.3 Å². The van der Waals surface area contributed by atoms with Gasteiger partial charge in [-0.2, -0.15) is 4.98 Å². The Morgan fingerprint density at radius 3 is 2.83 bits per heavy atom. The molecule has 1 N–H and O–H groups in total. The van der Waals surface area contributed by atoms with Gasteiger partial charge in [0.25, 0.3) is 0 Å². The Bertz CT molecular complexity index is 375. The zero-order valence-electron chi connectivity index (χ0n) is 11.4. The highest BCUT2D eigenvalue weighted by atomic mass is 79.9. The van der Waals surface area contributed by atoms with Crippen LogP contribution in [0.25, 0.3) is 0 Å². The Morgan fingerprint density at radius 1 is 1.56 bits per heavy atom. The van der Waals surface area contributed by atoms with Gasteiger partial charge in [-0.1, -0.05) is 6.92 Å². The summed E-state index contributed by atoms with van der Waals surface area (Å²) in [5, 5.41) is 2.96. The van der Waals surface area contributed by atoms with Crippen LogP contribution in [0.4, 0.5) is 11.8 Å². The molecule has 1 atom stereocenters. The van der Waals surface area contributed by atoms with Crippen molar-refractivity contribution in [2.45, 2.75) is 26.3 Å². The van der Waals surface area contributed by atoms with Gasteiger partial charge in [-0.15, -0.1) is 0 Å². The van der Waals surface area contributed by atoms with Gasteiger partial charge in [0.05, 0.1) is 11.1 Å². The Hall–Kier alpha value is -0.880. The summed E-state index contributed by atoms with van der Waals surface area (Å²) >= 11 is 3.51. The highest BCUT2D eigenvalue weighted by molar-refractivity contribution is 9.10. The van der Waals surface area contributed by atoms with Crippen molar-refractivity contribution in [1.29, 1.82) is 0 Å². The van der Waals surface area contributed by atoms with Crippen molar-refractivity contribution >= 4 is 27.7 Å². The minimum atomic E-state index is 0.399. The maximum Gasteiger partial charge on any atom is 0.224 e. The topological polar surface area (TPSA) is 50.3 Å². The third-order valence-electron chi connectivity index (χ3n) is 2.88. The molecule has 0 aliphatic rings. The van der Waals surface area contributed by atoms with Crippen LogP contribution in [-0.2, 0) is 4.74 Å². The van der Waals surface area contributed by atoms with Gasteiger partial charge >= 0.3 is 0 Å². The van der Waals surface area contributed by atoms with Crippen molar-refractivity contribution in [2.24, 2.45) is 0 Å². The maximum absolute atomic E-state index is 5.17. The zero-order valence-corrected chi connectivity index (χ0v) is 13.0. The van der Waals surface area contributed by atoms with Crippen LogP contribution in [0.1, 0.15) is 20.3 Å². The predicted molar refractivity (Wildman–Crippen MR) is 78.3 cm³/mol. The average molecular weight is 317 g/mol. The quantitative estimate of drug-likeness (QED) is 0.837. The predicted octanol–water partition coefficient (Wildman–Crippen LogP) is 2.53. The fourth-order valence-electron chi connectivity index (χ4n) is 1.63. The number of nitrogens with zero attached hydrogens (tertiary/aromatic N) is 3. The standard InChI is InChI=1S/C12H21BrN4O/c1-5-9(2)17(6-7-18-4)11-10(13)8-15-12(14-3)16-11/h8-9H,5-7H2,1-4H3,(H,14,15,16). The van der Waals surface area contributed by atoms with E-state index < -0.39 is 0 Å². The Balaban J connectivity index is 3.02. The van der Waals surface area contributed by atoms with Crippen LogP contribution < -0.4 is 10.2 Å². The summed E-state index contributed by atoms with van der Waals surface area (Å²) in [5.74, 6) is 1.53. The number of hydrogen-bond donors (Lipinski definition) is 1. The molecule has 6 heteroatoms. The number of methoxy groups -OCH3 is 1. The number of rotatable bonds is 7. The number of hydrogen-bond acceptors (Lipinski definition) is 5.